The molecule has 3 rings (SSSR count). The van der Waals surface area contributed by atoms with Gasteiger partial charge in [0.25, 0.3) is 5.56 Å². The van der Waals surface area contributed by atoms with Crippen molar-refractivity contribution < 1.29 is 22.7 Å². The Balaban J connectivity index is 2.16. The minimum absolute atomic E-state index is 0.0149. The minimum atomic E-state index is -3.95. The van der Waals surface area contributed by atoms with Crippen LogP contribution >= 0.6 is 0 Å². The number of carbonyl (C=O) groups is 2. The van der Waals surface area contributed by atoms with E-state index in [0.29, 0.717) is 35.2 Å². The number of amidine groups is 1. The molecule has 0 spiro atoms. The highest BCUT2D eigenvalue weighted by molar-refractivity contribution is 7.91. The number of nitrogens with zero attached hydrogens (tertiary/aromatic N) is 2. The molecule has 0 fully saturated rings. The lowest BCUT2D eigenvalue weighted by Gasteiger charge is -2.30. The van der Waals surface area contributed by atoms with E-state index in [1.807, 2.05) is 6.92 Å². The zero-order chi connectivity index (χ0) is 29.7. The van der Waals surface area contributed by atoms with Gasteiger partial charge in [0.05, 0.1) is 17.5 Å². The molecule has 1 aliphatic rings. The number of aromatic nitrogens is 1. The van der Waals surface area contributed by atoms with E-state index in [4.69, 9.17) is 4.74 Å². The third-order valence-electron chi connectivity index (χ3n) is 5.92. The van der Waals surface area contributed by atoms with E-state index in [1.54, 1.807) is 64.1 Å². The number of sulfonamides is 1. The number of hydrogen-bond acceptors (Lipinski definition) is 7. The van der Waals surface area contributed by atoms with E-state index in [1.165, 1.54) is 10.6 Å². The van der Waals surface area contributed by atoms with Crippen molar-refractivity contribution in [2.24, 2.45) is 4.99 Å². The van der Waals surface area contributed by atoms with Gasteiger partial charge in [0, 0.05) is 17.8 Å². The van der Waals surface area contributed by atoms with Crippen LogP contribution in [-0.4, -0.2) is 49.5 Å². The SMILES string of the molecule is C=C1C(CNC=O)=C(n2c(C)ccc(NS(=O)(=O)Cc3ccccc3)c2=O)C(NC(=O)OC(C)(C)C)=NC1CC. The fourth-order valence-corrected chi connectivity index (χ4v) is 5.38. The van der Waals surface area contributed by atoms with Crippen molar-refractivity contribution in [2.75, 3.05) is 11.3 Å². The quantitative estimate of drug-likeness (QED) is 0.395. The Morgan fingerprint density at radius 1 is 1.18 bits per heavy atom. The summed E-state index contributed by atoms with van der Waals surface area (Å²) in [5.41, 5.74) is 0.434. The monoisotopic (exact) mass is 569 g/mol. The van der Waals surface area contributed by atoms with Crippen LogP contribution in [0.25, 0.3) is 5.70 Å². The van der Waals surface area contributed by atoms with Gasteiger partial charge in [-0.3, -0.25) is 29.2 Å². The smallest absolute Gasteiger partial charge is 0.413 e. The molecule has 1 aromatic heterocycles. The summed E-state index contributed by atoms with van der Waals surface area (Å²) >= 11 is 0. The van der Waals surface area contributed by atoms with Gasteiger partial charge < -0.3 is 10.1 Å². The van der Waals surface area contributed by atoms with Crippen molar-refractivity contribution in [1.29, 1.82) is 0 Å². The molecule has 2 heterocycles. The number of hydrogen-bond donors (Lipinski definition) is 3. The molecular weight excluding hydrogens is 534 g/mol. The maximum absolute atomic E-state index is 13.8. The second-order valence-electron chi connectivity index (χ2n) is 10.3. The normalized spacial score (nSPS) is 15.8. The van der Waals surface area contributed by atoms with Crippen molar-refractivity contribution >= 4 is 39.7 Å². The molecule has 11 nitrogen and oxygen atoms in total. The highest BCUT2D eigenvalue weighted by Crippen LogP contribution is 2.30. The van der Waals surface area contributed by atoms with Gasteiger partial charge in [-0.1, -0.05) is 43.8 Å². The van der Waals surface area contributed by atoms with Gasteiger partial charge in [0.2, 0.25) is 16.4 Å². The van der Waals surface area contributed by atoms with Crippen molar-refractivity contribution in [3.8, 4) is 0 Å². The first kappa shape index (κ1) is 30.4. The molecule has 214 valence electrons. The number of ether oxygens (including phenoxy) is 1. The van der Waals surface area contributed by atoms with Crippen LogP contribution in [0.1, 0.15) is 45.4 Å². The average molecular weight is 570 g/mol. The summed E-state index contributed by atoms with van der Waals surface area (Å²) in [7, 11) is -3.95. The van der Waals surface area contributed by atoms with Crippen LogP contribution in [0.4, 0.5) is 10.5 Å². The fraction of sp³-hybridized carbons (Fsp3) is 0.357. The molecule has 1 atom stereocenters. The Bertz CT molecular complexity index is 1520. The molecule has 1 aliphatic heterocycles. The van der Waals surface area contributed by atoms with Crippen LogP contribution in [0.3, 0.4) is 0 Å². The molecule has 0 saturated heterocycles. The van der Waals surface area contributed by atoms with Crippen LogP contribution in [0.2, 0.25) is 0 Å². The predicted octanol–water partition coefficient (Wildman–Crippen LogP) is 3.33. The number of pyridine rings is 1. The Hall–Kier alpha value is -4.19. The molecule has 0 aliphatic carbocycles. The second-order valence-corrected chi connectivity index (χ2v) is 12.0. The van der Waals surface area contributed by atoms with Crippen LogP contribution in [0.5, 0.6) is 0 Å². The van der Waals surface area contributed by atoms with Crippen molar-refractivity contribution in [3.63, 3.8) is 0 Å². The maximum atomic E-state index is 13.8. The number of nitrogens with one attached hydrogen (secondary N) is 3. The van der Waals surface area contributed by atoms with Gasteiger partial charge in [-0.05, 0) is 57.4 Å². The van der Waals surface area contributed by atoms with Gasteiger partial charge in [0.1, 0.15) is 11.3 Å². The number of carbonyl (C=O) groups excluding carboxylic acids is 2. The number of dihydropyridines is 1. The molecular formula is C28H35N5O6S. The lowest BCUT2D eigenvalue weighted by molar-refractivity contribution is -0.109. The number of rotatable bonds is 9. The Morgan fingerprint density at radius 2 is 1.85 bits per heavy atom. The predicted molar refractivity (Wildman–Crippen MR) is 155 cm³/mol. The molecule has 1 unspecified atom stereocenters. The van der Waals surface area contributed by atoms with Crippen molar-refractivity contribution in [2.45, 2.75) is 58.4 Å². The van der Waals surface area contributed by atoms with Gasteiger partial charge in [-0.15, -0.1) is 0 Å². The zero-order valence-electron chi connectivity index (χ0n) is 23.3. The molecule has 1 aromatic carbocycles. The highest BCUT2D eigenvalue weighted by atomic mass is 32.2. The lowest BCUT2D eigenvalue weighted by atomic mass is 9.93. The first-order valence-electron chi connectivity index (χ1n) is 12.7. The third-order valence-corrected chi connectivity index (χ3v) is 7.16. The molecule has 2 amide bonds. The molecule has 40 heavy (non-hydrogen) atoms. The summed E-state index contributed by atoms with van der Waals surface area (Å²) in [5.74, 6) is -0.300. The number of benzene rings is 1. The van der Waals surface area contributed by atoms with Crippen LogP contribution in [-0.2, 0) is 25.3 Å². The topological polar surface area (TPSA) is 148 Å². The average Bonchev–Trinajstić information content (AvgIpc) is 2.86. The first-order chi connectivity index (χ1) is 18.8. The number of aryl methyl sites for hydroxylation is 1. The highest BCUT2D eigenvalue weighted by Gasteiger charge is 2.31. The van der Waals surface area contributed by atoms with Crippen molar-refractivity contribution in [1.82, 2.24) is 15.2 Å². The second kappa shape index (κ2) is 12.3. The first-order valence-corrected chi connectivity index (χ1v) is 14.4. The van der Waals surface area contributed by atoms with E-state index >= 15 is 0 Å². The van der Waals surface area contributed by atoms with E-state index in [9.17, 15) is 22.8 Å². The minimum Gasteiger partial charge on any atom is -0.444 e. The van der Waals surface area contributed by atoms with Gasteiger partial charge >= 0.3 is 6.09 Å². The van der Waals surface area contributed by atoms with E-state index in [0.717, 1.165) is 0 Å². The number of anilines is 1. The zero-order valence-corrected chi connectivity index (χ0v) is 24.1. The van der Waals surface area contributed by atoms with Gasteiger partial charge in [-0.25, -0.2) is 13.2 Å². The van der Waals surface area contributed by atoms with E-state index in [-0.39, 0.29) is 29.5 Å². The summed E-state index contributed by atoms with van der Waals surface area (Å²) in [5, 5.41) is 5.24. The van der Waals surface area contributed by atoms with E-state index < -0.39 is 33.3 Å². The number of amides is 2. The molecule has 12 heteroatoms. The van der Waals surface area contributed by atoms with Crippen molar-refractivity contribution in [3.05, 3.63) is 81.8 Å². The standard InChI is InChI=1S/C28H35N5O6S/c1-7-22-19(3)21(15-29-17-34)24(25(30-22)31-27(36)39-28(4,5)6)33-18(2)13-14-23(26(33)35)32-40(37,38)16-20-11-9-8-10-12-20/h8-14,17,22,32H,3,7,15-16H2,1-2,4-6H3,(H,29,34)(H,30,31,36). The van der Waals surface area contributed by atoms with Gasteiger partial charge in [-0.2, -0.15) is 0 Å². The van der Waals surface area contributed by atoms with Crippen LogP contribution < -0.4 is 20.9 Å². The summed E-state index contributed by atoms with van der Waals surface area (Å²) in [6.07, 6.45) is 0.248. The Kier molecular flexibility index (Phi) is 9.36. The summed E-state index contributed by atoms with van der Waals surface area (Å²) in [6, 6.07) is 11.1. The van der Waals surface area contributed by atoms with Crippen LogP contribution in [0.15, 0.2) is 70.0 Å². The largest absolute Gasteiger partial charge is 0.444 e. The summed E-state index contributed by atoms with van der Waals surface area (Å²) < 4.78 is 34.9. The summed E-state index contributed by atoms with van der Waals surface area (Å²) in [6.45, 7) is 12.8. The summed E-state index contributed by atoms with van der Waals surface area (Å²) in [4.78, 5) is 42.5. The Labute approximate surface area is 234 Å². The van der Waals surface area contributed by atoms with Crippen LogP contribution in [0, 0.1) is 6.92 Å². The molecule has 2 aromatic rings. The molecule has 0 saturated carbocycles. The number of aliphatic imine (C=N–C) groups is 1. The maximum Gasteiger partial charge on any atom is 0.413 e. The Morgan fingerprint density at radius 3 is 2.45 bits per heavy atom. The lowest BCUT2D eigenvalue weighted by Crippen LogP contribution is -2.43. The number of alkyl carbamates (subject to hydrolysis) is 1. The molecule has 0 radical (unpaired) electrons. The fourth-order valence-electron chi connectivity index (χ4n) is 4.19. The van der Waals surface area contributed by atoms with Gasteiger partial charge in [0.15, 0.2) is 5.84 Å². The molecule has 3 N–H and O–H groups in total. The molecule has 0 bridgehead atoms. The third kappa shape index (κ3) is 7.47. The van der Waals surface area contributed by atoms with E-state index in [2.05, 4.69) is 26.9 Å².